The Bertz CT molecular complexity index is 689. The van der Waals surface area contributed by atoms with E-state index in [1.54, 1.807) is 23.3 Å². The van der Waals surface area contributed by atoms with Gasteiger partial charge in [-0.15, -0.1) is 11.3 Å². The summed E-state index contributed by atoms with van der Waals surface area (Å²) in [5, 5.41) is 2.90. The molecule has 1 N–H and O–H groups in total. The van der Waals surface area contributed by atoms with E-state index in [0.717, 1.165) is 25.7 Å². The van der Waals surface area contributed by atoms with Crippen LogP contribution in [0.3, 0.4) is 0 Å². The number of thiophene rings is 1. The van der Waals surface area contributed by atoms with Crippen LogP contribution < -0.4 is 14.8 Å². The van der Waals surface area contributed by atoms with Gasteiger partial charge in [-0.05, 0) is 45.8 Å². The molecule has 0 saturated heterocycles. The minimum absolute atomic E-state index is 0.109. The van der Waals surface area contributed by atoms with E-state index in [1.807, 2.05) is 30.3 Å². The van der Waals surface area contributed by atoms with Crippen LogP contribution in [0.5, 0.6) is 11.5 Å². The van der Waals surface area contributed by atoms with Crippen molar-refractivity contribution < 1.29 is 14.3 Å². The van der Waals surface area contributed by atoms with E-state index in [1.165, 1.54) is 0 Å². The average Bonchev–Trinajstić information content (AvgIpc) is 3.12. The average molecular weight is 383 g/mol. The zero-order valence-electron chi connectivity index (χ0n) is 12.0. The Morgan fingerprint density at radius 3 is 2.91 bits per heavy atom. The van der Waals surface area contributed by atoms with Gasteiger partial charge in [0.2, 0.25) is 6.79 Å². The molecule has 116 valence electrons. The van der Waals surface area contributed by atoms with Crippen molar-refractivity contribution in [2.45, 2.75) is 13.1 Å². The molecule has 0 unspecified atom stereocenters. The molecule has 1 aliphatic heterocycles. The third-order valence-corrected chi connectivity index (χ3v) is 4.86. The van der Waals surface area contributed by atoms with Crippen molar-refractivity contribution in [2.75, 3.05) is 13.8 Å². The fraction of sp³-hybridized carbons (Fsp3) is 0.267. The number of hydrogen-bond donors (Lipinski definition) is 1. The van der Waals surface area contributed by atoms with Crippen molar-refractivity contribution in [3.8, 4) is 11.5 Å². The first-order valence-electron chi connectivity index (χ1n) is 6.73. The maximum atomic E-state index is 12.1. The number of hydrogen-bond acceptors (Lipinski definition) is 4. The molecule has 0 atom stereocenters. The highest BCUT2D eigenvalue weighted by Gasteiger charge is 2.14. The molecule has 0 saturated carbocycles. The summed E-state index contributed by atoms with van der Waals surface area (Å²) in [6, 6.07) is 9.55. The van der Waals surface area contributed by atoms with Crippen LogP contribution in [0.15, 0.2) is 34.1 Å². The van der Waals surface area contributed by atoms with E-state index in [9.17, 15) is 4.79 Å². The van der Waals surface area contributed by atoms with Crippen molar-refractivity contribution >= 4 is 33.3 Å². The van der Waals surface area contributed by atoms with E-state index in [-0.39, 0.29) is 12.8 Å². The van der Waals surface area contributed by atoms with Gasteiger partial charge < -0.3 is 19.7 Å². The highest BCUT2D eigenvalue weighted by molar-refractivity contribution is 9.11. The van der Waals surface area contributed by atoms with Gasteiger partial charge in [0.1, 0.15) is 0 Å². The normalized spacial score (nSPS) is 12.3. The number of carbonyl (C=O) groups excluding carboxylic acids is 1. The summed E-state index contributed by atoms with van der Waals surface area (Å²) in [5.41, 5.74) is 0.977. The molecule has 1 aromatic heterocycles. The number of urea groups is 1. The second kappa shape index (κ2) is 6.58. The quantitative estimate of drug-likeness (QED) is 0.878. The Labute approximate surface area is 141 Å². The molecular formula is C15H15BrN2O3S. The minimum atomic E-state index is -0.109. The summed E-state index contributed by atoms with van der Waals surface area (Å²) < 4.78 is 11.7. The lowest BCUT2D eigenvalue weighted by Gasteiger charge is -2.17. The zero-order valence-corrected chi connectivity index (χ0v) is 14.4. The molecule has 1 aliphatic rings. The maximum absolute atomic E-state index is 12.1. The molecule has 2 heterocycles. The Hall–Kier alpha value is -1.73. The third kappa shape index (κ3) is 3.53. The van der Waals surface area contributed by atoms with Crippen LogP contribution >= 0.6 is 27.3 Å². The molecule has 2 aromatic rings. The van der Waals surface area contributed by atoms with Crippen molar-refractivity contribution in [1.82, 2.24) is 10.2 Å². The predicted molar refractivity (Wildman–Crippen MR) is 88.3 cm³/mol. The zero-order chi connectivity index (χ0) is 15.5. The first-order valence-corrected chi connectivity index (χ1v) is 8.34. The third-order valence-electron chi connectivity index (χ3n) is 3.25. The Balaban J connectivity index is 1.53. The monoisotopic (exact) mass is 382 g/mol. The lowest BCUT2D eigenvalue weighted by molar-refractivity contribution is 0.174. The summed E-state index contributed by atoms with van der Waals surface area (Å²) in [6.45, 7) is 1.29. The molecule has 0 bridgehead atoms. The number of fused-ring (bicyclic) bond motifs is 1. The van der Waals surface area contributed by atoms with Gasteiger partial charge in [0.05, 0.1) is 10.3 Å². The van der Waals surface area contributed by atoms with E-state index < -0.39 is 0 Å². The Kier molecular flexibility index (Phi) is 4.54. The minimum Gasteiger partial charge on any atom is -0.454 e. The molecule has 7 heteroatoms. The fourth-order valence-corrected chi connectivity index (χ4v) is 3.64. The number of carbonyl (C=O) groups is 1. The molecule has 3 rings (SSSR count). The predicted octanol–water partition coefficient (Wildman–Crippen LogP) is 3.58. The lowest BCUT2D eigenvalue weighted by atomic mass is 10.2. The number of amides is 2. The smallest absolute Gasteiger partial charge is 0.317 e. The molecule has 0 fully saturated rings. The van der Waals surface area contributed by atoms with Gasteiger partial charge in [-0.1, -0.05) is 6.07 Å². The summed E-state index contributed by atoms with van der Waals surface area (Å²) in [6.07, 6.45) is 0. The van der Waals surface area contributed by atoms with E-state index in [2.05, 4.69) is 21.2 Å². The van der Waals surface area contributed by atoms with Crippen molar-refractivity contribution in [3.63, 3.8) is 0 Å². The fourth-order valence-electron chi connectivity index (χ4n) is 2.11. The number of ether oxygens (including phenoxy) is 2. The topological polar surface area (TPSA) is 50.8 Å². The van der Waals surface area contributed by atoms with Crippen LogP contribution in [0.4, 0.5) is 4.79 Å². The van der Waals surface area contributed by atoms with Crippen LogP contribution in [-0.2, 0) is 13.1 Å². The van der Waals surface area contributed by atoms with Crippen LogP contribution in [0, 0.1) is 0 Å². The highest BCUT2D eigenvalue weighted by atomic mass is 79.9. The van der Waals surface area contributed by atoms with Crippen molar-refractivity contribution in [1.29, 1.82) is 0 Å². The van der Waals surface area contributed by atoms with Crippen LogP contribution in [0.25, 0.3) is 0 Å². The first-order chi connectivity index (χ1) is 10.6. The molecular weight excluding hydrogens is 368 g/mol. The van der Waals surface area contributed by atoms with Crippen LogP contribution in [0.2, 0.25) is 0 Å². The molecule has 22 heavy (non-hydrogen) atoms. The van der Waals surface area contributed by atoms with E-state index >= 15 is 0 Å². The van der Waals surface area contributed by atoms with Gasteiger partial charge in [0.15, 0.2) is 11.5 Å². The molecule has 2 amide bonds. The van der Waals surface area contributed by atoms with Gasteiger partial charge in [-0.2, -0.15) is 0 Å². The van der Waals surface area contributed by atoms with E-state index in [4.69, 9.17) is 9.47 Å². The molecule has 0 radical (unpaired) electrons. The van der Waals surface area contributed by atoms with Gasteiger partial charge in [-0.25, -0.2) is 4.79 Å². The molecule has 0 spiro atoms. The van der Waals surface area contributed by atoms with Gasteiger partial charge >= 0.3 is 6.03 Å². The summed E-state index contributed by atoms with van der Waals surface area (Å²) >= 11 is 5.05. The SMILES string of the molecule is CN(Cc1ccc(Br)s1)C(=O)NCc1ccc2c(c1)OCO2. The highest BCUT2D eigenvalue weighted by Crippen LogP contribution is 2.32. The van der Waals surface area contributed by atoms with Crippen molar-refractivity contribution in [2.24, 2.45) is 0 Å². The van der Waals surface area contributed by atoms with E-state index in [0.29, 0.717) is 13.1 Å². The van der Waals surface area contributed by atoms with Crippen LogP contribution in [-0.4, -0.2) is 24.8 Å². The summed E-state index contributed by atoms with van der Waals surface area (Å²) in [5.74, 6) is 1.47. The second-order valence-corrected chi connectivity index (χ2v) is 7.46. The number of rotatable bonds is 4. The standard InChI is InChI=1S/C15H15BrN2O3S/c1-18(8-11-3-5-14(16)22-11)15(19)17-7-10-2-4-12-13(6-10)21-9-20-12/h2-6H,7-9H2,1H3,(H,17,19). The number of halogens is 1. The number of nitrogens with zero attached hydrogens (tertiary/aromatic N) is 1. The summed E-state index contributed by atoms with van der Waals surface area (Å²) in [4.78, 5) is 14.9. The number of benzene rings is 1. The molecule has 5 nitrogen and oxygen atoms in total. The van der Waals surface area contributed by atoms with Crippen LogP contribution in [0.1, 0.15) is 10.4 Å². The second-order valence-electron chi connectivity index (χ2n) is 4.91. The Morgan fingerprint density at radius 1 is 1.32 bits per heavy atom. The lowest BCUT2D eigenvalue weighted by Crippen LogP contribution is -2.36. The Morgan fingerprint density at radius 2 is 2.14 bits per heavy atom. The van der Waals surface area contributed by atoms with Gasteiger partial charge in [-0.3, -0.25) is 0 Å². The maximum Gasteiger partial charge on any atom is 0.317 e. The number of nitrogens with one attached hydrogen (secondary N) is 1. The molecule has 0 aliphatic carbocycles. The van der Waals surface area contributed by atoms with Gasteiger partial charge in [0.25, 0.3) is 0 Å². The summed E-state index contributed by atoms with van der Waals surface area (Å²) in [7, 11) is 1.78. The largest absolute Gasteiger partial charge is 0.454 e. The van der Waals surface area contributed by atoms with Gasteiger partial charge in [0, 0.05) is 18.5 Å². The first kappa shape index (κ1) is 15.2. The van der Waals surface area contributed by atoms with Crippen molar-refractivity contribution in [3.05, 3.63) is 44.6 Å². The molecule has 1 aromatic carbocycles.